The Hall–Kier alpha value is -1.98. The predicted molar refractivity (Wildman–Crippen MR) is 99.1 cm³/mol. The molecule has 0 aromatic carbocycles. The summed E-state index contributed by atoms with van der Waals surface area (Å²) in [6, 6.07) is 2.21. The Morgan fingerprint density at radius 2 is 2.10 bits per heavy atom. The number of alkyl halides is 3. The van der Waals surface area contributed by atoms with Crippen LogP contribution in [0.2, 0.25) is 0 Å². The van der Waals surface area contributed by atoms with E-state index in [1.807, 2.05) is 0 Å². The van der Waals surface area contributed by atoms with Crippen molar-refractivity contribution in [2.45, 2.75) is 51.7 Å². The fourth-order valence-electron chi connectivity index (χ4n) is 2.95. The number of hydrogen-bond donors (Lipinski definition) is 1. The van der Waals surface area contributed by atoms with Crippen LogP contribution in [0.4, 0.5) is 13.2 Å². The van der Waals surface area contributed by atoms with Crippen molar-refractivity contribution in [1.82, 2.24) is 19.9 Å². The van der Waals surface area contributed by atoms with E-state index in [0.717, 1.165) is 50.8 Å². The molecule has 11 heteroatoms. The summed E-state index contributed by atoms with van der Waals surface area (Å²) in [5.74, 6) is -1.96. The molecular formula is C18H23F3N4O3S. The molecule has 160 valence electrons. The van der Waals surface area contributed by atoms with E-state index in [2.05, 4.69) is 36.7 Å². The number of nitrogens with zero attached hydrogens (tertiary/aromatic N) is 4. The average Bonchev–Trinajstić information content (AvgIpc) is 3.27. The van der Waals surface area contributed by atoms with Gasteiger partial charge in [-0.15, -0.1) is 5.10 Å². The largest absolute Gasteiger partial charge is 0.490 e. The third-order valence-electron chi connectivity index (χ3n) is 4.65. The molecule has 1 fully saturated rings. The van der Waals surface area contributed by atoms with Gasteiger partial charge in [0.1, 0.15) is 5.69 Å². The third-order valence-corrected chi connectivity index (χ3v) is 5.39. The van der Waals surface area contributed by atoms with Crippen LogP contribution in [0.3, 0.4) is 0 Å². The lowest BCUT2D eigenvalue weighted by molar-refractivity contribution is -0.192. The summed E-state index contributed by atoms with van der Waals surface area (Å²) in [4.78, 5) is 11.4. The molecule has 0 bridgehead atoms. The first-order valence-corrected chi connectivity index (χ1v) is 10.3. The number of fused-ring (bicyclic) bond motifs is 1. The number of carboxylic acid groups (broad SMARTS) is 1. The van der Waals surface area contributed by atoms with Gasteiger partial charge in [0.05, 0.1) is 12.3 Å². The molecule has 1 saturated carbocycles. The van der Waals surface area contributed by atoms with Crippen LogP contribution < -0.4 is 0 Å². The fourth-order valence-corrected chi connectivity index (χ4v) is 3.61. The number of halogens is 3. The van der Waals surface area contributed by atoms with Crippen LogP contribution in [-0.2, 0) is 35.8 Å². The normalized spacial score (nSPS) is 17.2. The molecule has 2 aliphatic rings. The second-order valence-electron chi connectivity index (χ2n) is 7.16. The first-order chi connectivity index (χ1) is 13.8. The van der Waals surface area contributed by atoms with E-state index in [9.17, 15) is 13.2 Å². The molecule has 0 radical (unpaired) electrons. The Balaban J connectivity index is 0.000000298. The highest BCUT2D eigenvalue weighted by Crippen LogP contribution is 2.29. The number of carboxylic acids is 1. The summed E-state index contributed by atoms with van der Waals surface area (Å²) in [5.41, 5.74) is 3.67. The lowest BCUT2D eigenvalue weighted by Gasteiger charge is -2.19. The Labute approximate surface area is 170 Å². The number of carbonyl (C=O) groups is 1. The monoisotopic (exact) mass is 432 g/mol. The third kappa shape index (κ3) is 6.79. The molecule has 0 amide bonds. The van der Waals surface area contributed by atoms with Gasteiger partial charge in [0.15, 0.2) is 0 Å². The van der Waals surface area contributed by atoms with Crippen LogP contribution in [0.5, 0.6) is 0 Å². The highest BCUT2D eigenvalue weighted by atomic mass is 32.1. The molecule has 1 aliphatic heterocycles. The minimum Gasteiger partial charge on any atom is -0.475 e. The van der Waals surface area contributed by atoms with Gasteiger partial charge >= 0.3 is 12.1 Å². The Morgan fingerprint density at radius 1 is 1.34 bits per heavy atom. The molecule has 0 atom stereocenters. The molecule has 29 heavy (non-hydrogen) atoms. The number of ether oxygens (including phenoxy) is 1. The van der Waals surface area contributed by atoms with E-state index in [4.69, 9.17) is 14.6 Å². The average molecular weight is 432 g/mol. The van der Waals surface area contributed by atoms with Crippen molar-refractivity contribution in [3.05, 3.63) is 33.8 Å². The molecule has 0 unspecified atom stereocenters. The maximum Gasteiger partial charge on any atom is 0.490 e. The summed E-state index contributed by atoms with van der Waals surface area (Å²) >= 11 is 1.77. The van der Waals surface area contributed by atoms with Crippen LogP contribution in [0.15, 0.2) is 16.8 Å². The Kier molecular flexibility index (Phi) is 7.25. The van der Waals surface area contributed by atoms with E-state index in [0.29, 0.717) is 6.61 Å². The number of aromatic nitrogens is 3. The second-order valence-corrected chi connectivity index (χ2v) is 7.94. The summed E-state index contributed by atoms with van der Waals surface area (Å²) < 4.78 is 39.6. The van der Waals surface area contributed by atoms with Crippen molar-refractivity contribution in [3.63, 3.8) is 0 Å². The molecule has 2 aromatic heterocycles. The van der Waals surface area contributed by atoms with E-state index < -0.39 is 12.1 Å². The minimum atomic E-state index is -5.08. The van der Waals surface area contributed by atoms with Crippen LogP contribution >= 0.6 is 11.3 Å². The zero-order chi connectivity index (χ0) is 20.9. The van der Waals surface area contributed by atoms with Gasteiger partial charge in [-0.25, -0.2) is 9.48 Å². The first-order valence-electron chi connectivity index (χ1n) is 9.35. The SMILES string of the molecule is O=C(O)C(F)(F)F.c1cc(CN2CCCn3nnc(COCC4CC4)c3C2)cs1. The molecule has 0 saturated heterocycles. The molecule has 7 nitrogen and oxygen atoms in total. The summed E-state index contributed by atoms with van der Waals surface area (Å²) in [5, 5.41) is 20.2. The molecule has 1 N–H and O–H groups in total. The number of rotatable bonds is 6. The molecule has 2 aromatic rings. The van der Waals surface area contributed by atoms with Crippen LogP contribution in [0, 0.1) is 5.92 Å². The second kappa shape index (κ2) is 9.68. The van der Waals surface area contributed by atoms with Gasteiger partial charge in [-0.1, -0.05) is 5.21 Å². The molecule has 1 aliphatic carbocycles. The zero-order valence-corrected chi connectivity index (χ0v) is 16.6. The maximum atomic E-state index is 10.6. The van der Waals surface area contributed by atoms with Crippen LogP contribution in [0.1, 0.15) is 36.2 Å². The summed E-state index contributed by atoms with van der Waals surface area (Å²) in [7, 11) is 0. The predicted octanol–water partition coefficient (Wildman–Crippen LogP) is 3.31. The van der Waals surface area contributed by atoms with Gasteiger partial charge in [0.25, 0.3) is 0 Å². The molecular weight excluding hydrogens is 409 g/mol. The van der Waals surface area contributed by atoms with Crippen molar-refractivity contribution in [2.24, 2.45) is 5.92 Å². The molecule has 3 heterocycles. The van der Waals surface area contributed by atoms with Crippen molar-refractivity contribution in [1.29, 1.82) is 0 Å². The van der Waals surface area contributed by atoms with Crippen LogP contribution in [-0.4, -0.2) is 50.3 Å². The lowest BCUT2D eigenvalue weighted by atomic mass is 10.2. The number of aliphatic carboxylic acids is 1. The quantitative estimate of drug-likeness (QED) is 0.755. The Morgan fingerprint density at radius 3 is 2.72 bits per heavy atom. The topological polar surface area (TPSA) is 80.5 Å². The minimum absolute atomic E-state index is 0.609. The fraction of sp³-hybridized carbons (Fsp3) is 0.611. The van der Waals surface area contributed by atoms with Gasteiger partial charge in [-0.05, 0) is 47.6 Å². The van der Waals surface area contributed by atoms with E-state index in [-0.39, 0.29) is 0 Å². The number of thiophene rings is 1. The summed E-state index contributed by atoms with van der Waals surface area (Å²) in [6.07, 6.45) is -1.30. The van der Waals surface area contributed by atoms with E-state index in [1.54, 1.807) is 11.3 Å². The van der Waals surface area contributed by atoms with Gasteiger partial charge in [0, 0.05) is 32.8 Å². The van der Waals surface area contributed by atoms with Crippen LogP contribution in [0.25, 0.3) is 0 Å². The van der Waals surface area contributed by atoms with Gasteiger partial charge in [-0.3, -0.25) is 4.90 Å². The van der Waals surface area contributed by atoms with Gasteiger partial charge in [-0.2, -0.15) is 24.5 Å². The smallest absolute Gasteiger partial charge is 0.475 e. The van der Waals surface area contributed by atoms with Crippen molar-refractivity contribution < 1.29 is 27.8 Å². The maximum absolute atomic E-state index is 10.6. The van der Waals surface area contributed by atoms with E-state index in [1.165, 1.54) is 24.1 Å². The van der Waals surface area contributed by atoms with Crippen molar-refractivity contribution >= 4 is 17.3 Å². The number of hydrogen-bond acceptors (Lipinski definition) is 6. The van der Waals surface area contributed by atoms with Gasteiger partial charge in [0.2, 0.25) is 0 Å². The standard InChI is InChI=1S/C16H22N4OS.C2HF3O2/c1-5-19(8-14-4-7-22-12-14)9-16-15(17-18-20(16)6-1)11-21-10-13-2-3-13;3-2(4,5)1(6)7/h4,7,12-13H,1-3,5-6,8-11H2;(H,6,7). The Bertz CT molecular complexity index is 791. The molecule has 0 spiro atoms. The van der Waals surface area contributed by atoms with Crippen molar-refractivity contribution in [2.75, 3.05) is 13.2 Å². The highest BCUT2D eigenvalue weighted by Gasteiger charge is 2.38. The van der Waals surface area contributed by atoms with Gasteiger partial charge < -0.3 is 9.84 Å². The van der Waals surface area contributed by atoms with Crippen molar-refractivity contribution in [3.8, 4) is 0 Å². The zero-order valence-electron chi connectivity index (χ0n) is 15.8. The first kappa shape index (κ1) is 21.7. The van der Waals surface area contributed by atoms with E-state index >= 15 is 0 Å². The number of aryl methyl sites for hydroxylation is 1. The molecule has 4 rings (SSSR count). The lowest BCUT2D eigenvalue weighted by Crippen LogP contribution is -2.23. The summed E-state index contributed by atoms with van der Waals surface area (Å²) in [6.45, 7) is 5.50. The highest BCUT2D eigenvalue weighted by molar-refractivity contribution is 7.07.